The van der Waals surface area contributed by atoms with Crippen molar-refractivity contribution in [3.8, 4) is 5.69 Å². The zero-order valence-electron chi connectivity index (χ0n) is 15.4. The number of nitrogens with zero attached hydrogens (tertiary/aromatic N) is 5. The van der Waals surface area contributed by atoms with Gasteiger partial charge in [0.1, 0.15) is 0 Å². The molecule has 0 spiro atoms. The van der Waals surface area contributed by atoms with Crippen LogP contribution in [0.3, 0.4) is 0 Å². The van der Waals surface area contributed by atoms with Crippen LogP contribution in [0.5, 0.6) is 0 Å². The highest BCUT2D eigenvalue weighted by Crippen LogP contribution is 2.24. The third kappa shape index (κ3) is 4.85. The molecule has 152 valence electrons. The van der Waals surface area contributed by atoms with Gasteiger partial charge in [-0.3, -0.25) is 4.79 Å². The van der Waals surface area contributed by atoms with Crippen LogP contribution in [0.25, 0.3) is 5.69 Å². The van der Waals surface area contributed by atoms with E-state index in [1.807, 2.05) is 47.8 Å². The monoisotopic (exact) mass is 449 g/mol. The average molecular weight is 450 g/mol. The molecule has 3 heterocycles. The Balaban J connectivity index is 1.48. The third-order valence-corrected chi connectivity index (χ3v) is 8.16. The zero-order chi connectivity index (χ0) is 20.3. The molecule has 8 nitrogen and oxygen atoms in total. The summed E-state index contributed by atoms with van der Waals surface area (Å²) in [5.41, 5.74) is 0.810. The lowest BCUT2D eigenvalue weighted by atomic mass is 10.2. The van der Waals surface area contributed by atoms with Crippen molar-refractivity contribution in [1.82, 2.24) is 25.1 Å². The van der Waals surface area contributed by atoms with E-state index in [-0.39, 0.29) is 29.2 Å². The molecule has 1 amide bonds. The average Bonchev–Trinajstić information content (AvgIpc) is 3.46. The Kier molecular flexibility index (Phi) is 5.97. The minimum Gasteiger partial charge on any atom is -0.333 e. The topological polar surface area (TPSA) is 98.1 Å². The number of carbonyl (C=O) groups excluding carboxylic acids is 1. The molecule has 11 heteroatoms. The van der Waals surface area contributed by atoms with Crippen LogP contribution in [0, 0.1) is 0 Å². The van der Waals surface area contributed by atoms with Crippen molar-refractivity contribution in [1.29, 1.82) is 0 Å². The molecule has 1 unspecified atom stereocenters. The van der Waals surface area contributed by atoms with Gasteiger partial charge in [-0.05, 0) is 40.4 Å². The summed E-state index contributed by atoms with van der Waals surface area (Å²) in [7, 11) is -3.09. The Bertz CT molecular complexity index is 1070. The molecule has 1 fully saturated rings. The summed E-state index contributed by atoms with van der Waals surface area (Å²) in [6.07, 6.45) is 0.478. The molecule has 0 radical (unpaired) electrons. The maximum absolute atomic E-state index is 13.0. The van der Waals surface area contributed by atoms with E-state index in [2.05, 4.69) is 15.5 Å². The summed E-state index contributed by atoms with van der Waals surface area (Å²) >= 11 is 2.80. The van der Waals surface area contributed by atoms with E-state index in [4.69, 9.17) is 0 Å². The molecule has 0 bridgehead atoms. The quantitative estimate of drug-likeness (QED) is 0.509. The molecule has 29 heavy (non-hydrogen) atoms. The second-order valence-electron chi connectivity index (χ2n) is 6.66. The summed E-state index contributed by atoms with van der Waals surface area (Å²) < 4.78 is 25.5. The van der Waals surface area contributed by atoms with Crippen LogP contribution in [0.1, 0.15) is 11.3 Å². The van der Waals surface area contributed by atoms with Gasteiger partial charge in [-0.2, -0.15) is 4.68 Å². The maximum atomic E-state index is 13.0. The summed E-state index contributed by atoms with van der Waals surface area (Å²) in [6.45, 7) is 0.418. The first kappa shape index (κ1) is 20.0. The van der Waals surface area contributed by atoms with E-state index in [0.29, 0.717) is 18.1 Å². The van der Waals surface area contributed by atoms with Crippen LogP contribution < -0.4 is 0 Å². The van der Waals surface area contributed by atoms with Crippen molar-refractivity contribution in [2.45, 2.75) is 24.2 Å². The summed E-state index contributed by atoms with van der Waals surface area (Å²) in [6, 6.07) is 13.0. The van der Waals surface area contributed by atoms with Crippen molar-refractivity contribution in [3.63, 3.8) is 0 Å². The van der Waals surface area contributed by atoms with Crippen LogP contribution in [0.4, 0.5) is 0 Å². The van der Waals surface area contributed by atoms with Gasteiger partial charge in [0.05, 0.1) is 29.5 Å². The van der Waals surface area contributed by atoms with Crippen LogP contribution in [-0.2, 0) is 21.2 Å². The van der Waals surface area contributed by atoms with Crippen molar-refractivity contribution in [2.24, 2.45) is 0 Å². The largest absolute Gasteiger partial charge is 0.333 e. The first-order chi connectivity index (χ1) is 14.0. The van der Waals surface area contributed by atoms with E-state index >= 15 is 0 Å². The van der Waals surface area contributed by atoms with E-state index < -0.39 is 9.84 Å². The molecule has 3 aromatic rings. The van der Waals surface area contributed by atoms with Gasteiger partial charge in [0.2, 0.25) is 11.1 Å². The van der Waals surface area contributed by atoms with E-state index in [1.165, 1.54) is 11.8 Å². The molecule has 0 saturated carbocycles. The number of thiophene rings is 1. The van der Waals surface area contributed by atoms with Gasteiger partial charge in [-0.1, -0.05) is 36.0 Å². The number of rotatable bonds is 7. The van der Waals surface area contributed by atoms with Crippen molar-refractivity contribution >= 4 is 38.8 Å². The first-order valence-corrected chi connectivity index (χ1v) is 12.7. The molecule has 1 saturated heterocycles. The number of hydrogen-bond acceptors (Lipinski definition) is 8. The molecule has 1 atom stereocenters. The normalized spacial score (nSPS) is 18.0. The van der Waals surface area contributed by atoms with Gasteiger partial charge < -0.3 is 4.90 Å². The molecule has 1 aliphatic heterocycles. The van der Waals surface area contributed by atoms with E-state index in [0.717, 1.165) is 10.6 Å². The number of carbonyl (C=O) groups is 1. The standard InChI is InChI=1S/C18H19N5O3S3/c24-17(12-28-18-19-20-21-23(18)14-5-2-1-3-6-14)22(11-16-7-4-9-27-16)15-8-10-29(25,26)13-15/h1-7,9,15H,8,10-13H2. The molecule has 2 aromatic heterocycles. The van der Waals surface area contributed by atoms with Crippen LogP contribution in [0.15, 0.2) is 53.0 Å². The molecule has 1 aromatic carbocycles. The van der Waals surface area contributed by atoms with Gasteiger partial charge in [0.15, 0.2) is 9.84 Å². The molecule has 0 aliphatic carbocycles. The van der Waals surface area contributed by atoms with E-state index in [1.54, 1.807) is 20.9 Å². The van der Waals surface area contributed by atoms with Crippen LogP contribution in [0.2, 0.25) is 0 Å². The predicted molar refractivity (Wildman–Crippen MR) is 112 cm³/mol. The number of amides is 1. The summed E-state index contributed by atoms with van der Waals surface area (Å²) in [5, 5.41) is 14.2. The number of para-hydroxylation sites is 1. The van der Waals surface area contributed by atoms with Crippen LogP contribution >= 0.6 is 23.1 Å². The van der Waals surface area contributed by atoms with Gasteiger partial charge in [-0.15, -0.1) is 16.4 Å². The highest BCUT2D eigenvalue weighted by atomic mass is 32.2. The Morgan fingerprint density at radius 2 is 2.07 bits per heavy atom. The van der Waals surface area contributed by atoms with Crippen molar-refractivity contribution < 1.29 is 13.2 Å². The van der Waals surface area contributed by atoms with Gasteiger partial charge in [-0.25, -0.2) is 8.42 Å². The Labute approximate surface area is 176 Å². The zero-order valence-corrected chi connectivity index (χ0v) is 17.9. The molecular formula is C18H19N5O3S3. The highest BCUT2D eigenvalue weighted by molar-refractivity contribution is 7.99. The summed E-state index contributed by atoms with van der Waals surface area (Å²) in [4.78, 5) is 15.8. The fourth-order valence-corrected chi connectivity index (χ4v) is 6.43. The molecule has 0 N–H and O–H groups in total. The van der Waals surface area contributed by atoms with Crippen LogP contribution in [-0.4, -0.2) is 62.7 Å². The minimum absolute atomic E-state index is 0.0243. The second kappa shape index (κ2) is 8.64. The fraction of sp³-hybridized carbons (Fsp3) is 0.333. The molecule has 4 rings (SSSR count). The SMILES string of the molecule is O=C(CSc1nnnn1-c1ccccc1)N(Cc1cccs1)C1CCS(=O)(=O)C1. The van der Waals surface area contributed by atoms with Crippen molar-refractivity contribution in [2.75, 3.05) is 17.3 Å². The predicted octanol–water partition coefficient (Wildman–Crippen LogP) is 2.03. The second-order valence-corrected chi connectivity index (χ2v) is 10.9. The number of benzene rings is 1. The van der Waals surface area contributed by atoms with Gasteiger partial charge in [0, 0.05) is 10.9 Å². The Morgan fingerprint density at radius 3 is 2.76 bits per heavy atom. The third-order valence-electron chi connectivity index (χ3n) is 4.64. The highest BCUT2D eigenvalue weighted by Gasteiger charge is 2.34. The molecular weight excluding hydrogens is 430 g/mol. The maximum Gasteiger partial charge on any atom is 0.233 e. The summed E-state index contributed by atoms with van der Waals surface area (Å²) in [5.74, 6) is 0.171. The first-order valence-electron chi connectivity index (χ1n) is 9.01. The number of sulfone groups is 1. The number of hydrogen-bond donors (Lipinski definition) is 0. The lowest BCUT2D eigenvalue weighted by Crippen LogP contribution is -2.41. The van der Waals surface area contributed by atoms with Crippen molar-refractivity contribution in [3.05, 3.63) is 52.7 Å². The minimum atomic E-state index is -3.09. The molecule has 1 aliphatic rings. The number of thioether (sulfide) groups is 1. The lowest BCUT2D eigenvalue weighted by Gasteiger charge is -2.27. The number of aromatic nitrogens is 4. The number of tetrazole rings is 1. The fourth-order valence-electron chi connectivity index (χ4n) is 3.22. The van der Waals surface area contributed by atoms with E-state index in [9.17, 15) is 13.2 Å². The smallest absolute Gasteiger partial charge is 0.233 e. The van der Waals surface area contributed by atoms with Gasteiger partial charge in [0.25, 0.3) is 0 Å². The lowest BCUT2D eigenvalue weighted by molar-refractivity contribution is -0.130. The Hall–Kier alpha value is -2.24. The Morgan fingerprint density at radius 1 is 1.24 bits per heavy atom. The van der Waals surface area contributed by atoms with Gasteiger partial charge >= 0.3 is 0 Å².